The van der Waals surface area contributed by atoms with E-state index >= 15 is 0 Å². The first-order valence-electron chi connectivity index (χ1n) is 11.2. The summed E-state index contributed by atoms with van der Waals surface area (Å²) in [6.07, 6.45) is 3.06. The van der Waals surface area contributed by atoms with Crippen molar-refractivity contribution in [2.75, 3.05) is 25.3 Å². The molecule has 1 aliphatic carbocycles. The van der Waals surface area contributed by atoms with Crippen molar-refractivity contribution in [3.05, 3.63) is 71.9 Å². The third-order valence-corrected chi connectivity index (χ3v) is 5.93. The number of carbonyl (C=O) groups excluding carboxylic acids is 1. The summed E-state index contributed by atoms with van der Waals surface area (Å²) in [5, 5.41) is 10.1. The van der Waals surface area contributed by atoms with Gasteiger partial charge in [0.1, 0.15) is 24.5 Å². The fourth-order valence-electron chi connectivity index (χ4n) is 3.77. The van der Waals surface area contributed by atoms with Crippen molar-refractivity contribution >= 4 is 11.6 Å². The molecule has 0 saturated heterocycles. The van der Waals surface area contributed by atoms with E-state index in [0.29, 0.717) is 46.9 Å². The van der Waals surface area contributed by atoms with Gasteiger partial charge in [-0.25, -0.2) is 4.98 Å². The number of pyridine rings is 1. The summed E-state index contributed by atoms with van der Waals surface area (Å²) < 4.78 is 22.8. The molecule has 34 heavy (non-hydrogen) atoms. The average molecular weight is 463 g/mol. The number of carbonyl (C=O) groups is 1. The number of aromatic nitrogens is 1. The van der Waals surface area contributed by atoms with E-state index in [2.05, 4.69) is 4.98 Å². The van der Waals surface area contributed by atoms with Crippen LogP contribution in [0.2, 0.25) is 0 Å². The van der Waals surface area contributed by atoms with Crippen LogP contribution in [0.5, 0.6) is 23.1 Å². The van der Waals surface area contributed by atoms with Crippen molar-refractivity contribution in [2.45, 2.75) is 25.6 Å². The second kappa shape index (κ2) is 9.61. The first kappa shape index (κ1) is 22.0. The number of rotatable bonds is 9. The molecule has 8 nitrogen and oxygen atoms in total. The minimum atomic E-state index is -0.480. The van der Waals surface area contributed by atoms with Gasteiger partial charge in [-0.1, -0.05) is 30.3 Å². The van der Waals surface area contributed by atoms with Crippen molar-refractivity contribution in [3.8, 4) is 23.1 Å². The fourth-order valence-corrected chi connectivity index (χ4v) is 3.77. The SMILES string of the molecule is COc1cc(N2COc3cc(OCc4ccccc4)ncc3C2=O)ccc1OC[C@H](O)C1CC1. The second-order valence-corrected chi connectivity index (χ2v) is 8.35. The van der Waals surface area contributed by atoms with Crippen molar-refractivity contribution in [1.29, 1.82) is 0 Å². The molecule has 0 bridgehead atoms. The van der Waals surface area contributed by atoms with Crippen LogP contribution in [-0.2, 0) is 6.61 Å². The Morgan fingerprint density at radius 1 is 1.12 bits per heavy atom. The Morgan fingerprint density at radius 2 is 1.94 bits per heavy atom. The third-order valence-electron chi connectivity index (χ3n) is 5.93. The summed E-state index contributed by atoms with van der Waals surface area (Å²) in [4.78, 5) is 18.9. The lowest BCUT2D eigenvalue weighted by Gasteiger charge is -2.29. The van der Waals surface area contributed by atoms with Gasteiger partial charge in [0, 0.05) is 18.3 Å². The maximum absolute atomic E-state index is 13.1. The molecule has 1 saturated carbocycles. The number of ether oxygens (including phenoxy) is 4. The second-order valence-electron chi connectivity index (χ2n) is 8.35. The van der Waals surface area contributed by atoms with E-state index in [-0.39, 0.29) is 19.2 Å². The normalized spacial score (nSPS) is 15.8. The Bertz CT molecular complexity index is 1170. The van der Waals surface area contributed by atoms with Crippen LogP contribution < -0.4 is 23.8 Å². The molecule has 2 aliphatic rings. The van der Waals surface area contributed by atoms with Crippen LogP contribution in [0.15, 0.2) is 60.8 Å². The molecule has 1 aliphatic heterocycles. The molecular weight excluding hydrogens is 436 g/mol. The van der Waals surface area contributed by atoms with Crippen LogP contribution >= 0.6 is 0 Å². The zero-order valence-electron chi connectivity index (χ0n) is 18.8. The molecule has 176 valence electrons. The summed E-state index contributed by atoms with van der Waals surface area (Å²) in [5.41, 5.74) is 1.98. The Morgan fingerprint density at radius 3 is 2.71 bits per heavy atom. The lowest BCUT2D eigenvalue weighted by molar-refractivity contribution is 0.0879. The highest BCUT2D eigenvalue weighted by Gasteiger charge is 2.31. The summed E-state index contributed by atoms with van der Waals surface area (Å²) in [6, 6.07) is 16.6. The lowest BCUT2D eigenvalue weighted by Crippen LogP contribution is -2.38. The van der Waals surface area contributed by atoms with Gasteiger partial charge in [-0.3, -0.25) is 9.69 Å². The number of amides is 1. The van der Waals surface area contributed by atoms with Crippen LogP contribution in [0.1, 0.15) is 28.8 Å². The van der Waals surface area contributed by atoms with Crippen LogP contribution in [0.3, 0.4) is 0 Å². The van der Waals surface area contributed by atoms with Gasteiger partial charge >= 0.3 is 0 Å². The maximum atomic E-state index is 13.1. The highest BCUT2D eigenvalue weighted by Crippen LogP contribution is 2.37. The van der Waals surface area contributed by atoms with E-state index in [1.165, 1.54) is 18.2 Å². The molecule has 8 heteroatoms. The van der Waals surface area contributed by atoms with Crippen molar-refractivity contribution in [2.24, 2.45) is 5.92 Å². The molecule has 2 heterocycles. The molecule has 2 aromatic carbocycles. The number of hydrogen-bond donors (Lipinski definition) is 1. The average Bonchev–Trinajstić information content (AvgIpc) is 3.73. The molecule has 0 unspecified atom stereocenters. The number of nitrogens with zero attached hydrogens (tertiary/aromatic N) is 2. The van der Waals surface area contributed by atoms with Gasteiger partial charge in [-0.15, -0.1) is 0 Å². The minimum absolute atomic E-state index is 0.0394. The van der Waals surface area contributed by atoms with E-state index in [4.69, 9.17) is 18.9 Å². The van der Waals surface area contributed by atoms with Crippen molar-refractivity contribution in [1.82, 2.24) is 4.98 Å². The predicted molar refractivity (Wildman–Crippen MR) is 125 cm³/mol. The summed E-state index contributed by atoms with van der Waals surface area (Å²) in [5.74, 6) is 1.90. The maximum Gasteiger partial charge on any atom is 0.266 e. The van der Waals surface area contributed by atoms with Crippen LogP contribution in [-0.4, -0.2) is 42.5 Å². The quantitative estimate of drug-likeness (QED) is 0.517. The topological polar surface area (TPSA) is 90.4 Å². The monoisotopic (exact) mass is 462 g/mol. The highest BCUT2D eigenvalue weighted by molar-refractivity contribution is 6.08. The van der Waals surface area contributed by atoms with E-state index in [1.54, 1.807) is 24.3 Å². The predicted octanol–water partition coefficient (Wildman–Crippen LogP) is 3.82. The summed E-state index contributed by atoms with van der Waals surface area (Å²) >= 11 is 0. The van der Waals surface area contributed by atoms with Crippen molar-refractivity contribution < 1.29 is 28.8 Å². The van der Waals surface area contributed by atoms with Gasteiger partial charge in [-0.05, 0) is 36.5 Å². The number of fused-ring (bicyclic) bond motifs is 1. The van der Waals surface area contributed by atoms with Crippen LogP contribution in [0.25, 0.3) is 0 Å². The first-order chi connectivity index (χ1) is 16.6. The highest BCUT2D eigenvalue weighted by atomic mass is 16.5. The molecule has 5 rings (SSSR count). The number of aliphatic hydroxyl groups is 1. The zero-order valence-corrected chi connectivity index (χ0v) is 18.8. The van der Waals surface area contributed by atoms with Gasteiger partial charge < -0.3 is 24.1 Å². The van der Waals surface area contributed by atoms with E-state index in [9.17, 15) is 9.90 Å². The Balaban J connectivity index is 1.27. The first-order valence-corrected chi connectivity index (χ1v) is 11.2. The molecule has 0 spiro atoms. The molecule has 1 atom stereocenters. The van der Waals surface area contributed by atoms with E-state index in [0.717, 1.165) is 18.4 Å². The fraction of sp³-hybridized carbons (Fsp3) is 0.308. The van der Waals surface area contributed by atoms with Crippen LogP contribution in [0, 0.1) is 5.92 Å². The number of hydrogen-bond acceptors (Lipinski definition) is 7. The molecular formula is C26H26N2O6. The number of methoxy groups -OCH3 is 1. The Kier molecular flexibility index (Phi) is 6.22. The Labute approximate surface area is 197 Å². The van der Waals surface area contributed by atoms with Crippen molar-refractivity contribution in [3.63, 3.8) is 0 Å². The Hall–Kier alpha value is -3.78. The third kappa shape index (κ3) is 4.77. The number of anilines is 1. The molecule has 1 amide bonds. The smallest absolute Gasteiger partial charge is 0.266 e. The molecule has 0 radical (unpaired) electrons. The molecule has 1 aromatic heterocycles. The largest absolute Gasteiger partial charge is 0.493 e. The summed E-state index contributed by atoms with van der Waals surface area (Å²) in [6.45, 7) is 0.621. The standard InChI is InChI=1S/C26H26N2O6/c1-31-24-11-19(9-10-22(24)32-15-21(29)18-7-8-18)28-16-34-23-12-25(27-13-20(23)26(28)30)33-14-17-5-3-2-4-6-17/h2-6,9-13,18,21,29H,7-8,14-16H2,1H3/t21-/m0/s1. The number of benzene rings is 2. The summed E-state index contributed by atoms with van der Waals surface area (Å²) in [7, 11) is 1.54. The molecule has 1 N–H and O–H groups in total. The zero-order chi connectivity index (χ0) is 23.5. The van der Waals surface area contributed by atoms with Gasteiger partial charge in [0.05, 0.1) is 18.9 Å². The van der Waals surface area contributed by atoms with E-state index < -0.39 is 6.10 Å². The van der Waals surface area contributed by atoms with Gasteiger partial charge in [0.2, 0.25) is 5.88 Å². The van der Waals surface area contributed by atoms with Crippen LogP contribution in [0.4, 0.5) is 5.69 Å². The molecule has 1 fully saturated rings. The van der Waals surface area contributed by atoms with E-state index in [1.807, 2.05) is 30.3 Å². The van der Waals surface area contributed by atoms with Gasteiger partial charge in [0.15, 0.2) is 18.2 Å². The lowest BCUT2D eigenvalue weighted by atomic mass is 10.1. The minimum Gasteiger partial charge on any atom is -0.493 e. The van der Waals surface area contributed by atoms with Gasteiger partial charge in [0.25, 0.3) is 5.91 Å². The van der Waals surface area contributed by atoms with Gasteiger partial charge in [-0.2, -0.15) is 0 Å². The number of aliphatic hydroxyl groups excluding tert-OH is 1. The molecule has 3 aromatic rings.